The van der Waals surface area contributed by atoms with Crippen LogP contribution in [0.4, 0.5) is 11.5 Å². The van der Waals surface area contributed by atoms with Gasteiger partial charge in [-0.2, -0.15) is 0 Å². The molecule has 0 aliphatic carbocycles. The normalized spacial score (nSPS) is 11.6. The van der Waals surface area contributed by atoms with Crippen LogP contribution >= 0.6 is 21.6 Å². The molecule has 0 unspecified atom stereocenters. The van der Waals surface area contributed by atoms with Crippen molar-refractivity contribution in [2.24, 2.45) is 14.1 Å². The van der Waals surface area contributed by atoms with Crippen molar-refractivity contribution in [2.75, 3.05) is 23.9 Å². The number of aryl methyl sites for hydroxylation is 2. The maximum absolute atomic E-state index is 12.7. The first-order valence-electron chi connectivity index (χ1n) is 9.18. The molecule has 3 aromatic rings. The Balaban J connectivity index is 1.79. The minimum Gasteiger partial charge on any atom is -0.382 e. The highest BCUT2D eigenvalue weighted by Gasteiger charge is 2.22. The van der Waals surface area contributed by atoms with Crippen molar-refractivity contribution in [3.05, 3.63) is 36.0 Å². The van der Waals surface area contributed by atoms with E-state index in [9.17, 15) is 9.59 Å². The average molecular weight is 448 g/mol. The lowest BCUT2D eigenvalue weighted by molar-refractivity contribution is 0.0937. The van der Waals surface area contributed by atoms with E-state index in [4.69, 9.17) is 5.73 Å². The van der Waals surface area contributed by atoms with Crippen LogP contribution in [0.1, 0.15) is 35.1 Å². The number of carbonyl (C=O) groups excluding carboxylic acids is 2. The minimum atomic E-state index is -0.373. The van der Waals surface area contributed by atoms with Crippen LogP contribution in [0.2, 0.25) is 0 Å². The van der Waals surface area contributed by atoms with Crippen molar-refractivity contribution in [1.82, 2.24) is 24.4 Å². The van der Waals surface area contributed by atoms with E-state index in [0.717, 1.165) is 5.52 Å². The van der Waals surface area contributed by atoms with Gasteiger partial charge in [0.1, 0.15) is 5.82 Å². The maximum Gasteiger partial charge on any atom is 0.291 e. The third-order valence-electron chi connectivity index (χ3n) is 4.42. The van der Waals surface area contributed by atoms with E-state index in [2.05, 4.69) is 34.4 Å². The Morgan fingerprint density at radius 2 is 1.90 bits per heavy atom. The van der Waals surface area contributed by atoms with E-state index in [-0.39, 0.29) is 28.2 Å². The average Bonchev–Trinajstić information content (AvgIpc) is 3.19. The van der Waals surface area contributed by atoms with Crippen LogP contribution in [-0.2, 0) is 14.1 Å². The Labute approximate surface area is 182 Å². The molecule has 0 aliphatic rings. The number of fused-ring (bicyclic) bond motifs is 1. The fraction of sp³-hybridized carbons (Fsp3) is 0.368. The lowest BCUT2D eigenvalue weighted by atomic mass is 10.2. The standard InChI is InChI=1S/C19H25N7O2S2/c1-19(2,30-29-5)10-21-17(27)16-23-12-7-6-11(8-13(12)26(16)4)22-18(28)15-24-14(20)9-25(15)3/h6-9H,10,20H2,1-5H3,(H,21,27)(H,22,28). The number of imidazole rings is 2. The van der Waals surface area contributed by atoms with E-state index in [1.165, 1.54) is 0 Å². The second kappa shape index (κ2) is 8.60. The number of hydrogen-bond donors (Lipinski definition) is 3. The van der Waals surface area contributed by atoms with E-state index in [1.807, 2.05) is 6.26 Å². The van der Waals surface area contributed by atoms with Crippen LogP contribution in [0.25, 0.3) is 11.0 Å². The summed E-state index contributed by atoms with van der Waals surface area (Å²) in [5.41, 5.74) is 7.61. The van der Waals surface area contributed by atoms with E-state index in [1.54, 1.807) is 69.2 Å². The summed E-state index contributed by atoms with van der Waals surface area (Å²) < 4.78 is 3.19. The molecule has 0 saturated heterocycles. The Kier molecular flexibility index (Phi) is 6.32. The zero-order valence-corrected chi connectivity index (χ0v) is 19.1. The van der Waals surface area contributed by atoms with Crippen LogP contribution < -0.4 is 16.4 Å². The highest BCUT2D eigenvalue weighted by atomic mass is 33.1. The molecule has 30 heavy (non-hydrogen) atoms. The summed E-state index contributed by atoms with van der Waals surface area (Å²) in [6.45, 7) is 4.68. The predicted octanol–water partition coefficient (Wildman–Crippen LogP) is 2.66. The summed E-state index contributed by atoms with van der Waals surface area (Å²) in [4.78, 5) is 33.6. The van der Waals surface area contributed by atoms with Crippen molar-refractivity contribution < 1.29 is 9.59 Å². The lowest BCUT2D eigenvalue weighted by Crippen LogP contribution is -2.36. The Morgan fingerprint density at radius 1 is 1.17 bits per heavy atom. The number of benzene rings is 1. The maximum atomic E-state index is 12.7. The SMILES string of the molecule is CSSC(C)(C)CNC(=O)c1nc2ccc(NC(=O)c3nc(N)cn3C)cc2n1C. The van der Waals surface area contributed by atoms with Crippen LogP contribution in [0.3, 0.4) is 0 Å². The second-order valence-electron chi connectivity index (χ2n) is 7.44. The number of nitrogens with one attached hydrogen (secondary N) is 2. The molecule has 0 aliphatic heterocycles. The summed E-state index contributed by atoms with van der Waals surface area (Å²) in [6.07, 6.45) is 3.59. The highest BCUT2D eigenvalue weighted by Crippen LogP contribution is 2.32. The zero-order valence-electron chi connectivity index (χ0n) is 17.5. The fourth-order valence-electron chi connectivity index (χ4n) is 2.99. The van der Waals surface area contributed by atoms with Crippen LogP contribution in [0.5, 0.6) is 0 Å². The number of nitrogen functional groups attached to an aromatic ring is 1. The smallest absolute Gasteiger partial charge is 0.291 e. The van der Waals surface area contributed by atoms with Gasteiger partial charge in [0.25, 0.3) is 11.8 Å². The lowest BCUT2D eigenvalue weighted by Gasteiger charge is -2.22. The summed E-state index contributed by atoms with van der Waals surface area (Å²) in [7, 11) is 6.85. The molecule has 0 fully saturated rings. The molecule has 2 amide bonds. The molecular formula is C19H25N7O2S2. The topological polar surface area (TPSA) is 120 Å². The Hall–Kier alpha value is -2.66. The first kappa shape index (κ1) is 22.0. The van der Waals surface area contributed by atoms with Gasteiger partial charge in [0.05, 0.1) is 11.0 Å². The van der Waals surface area contributed by atoms with Crippen molar-refractivity contribution >= 4 is 55.9 Å². The monoisotopic (exact) mass is 447 g/mol. The van der Waals surface area contributed by atoms with E-state index < -0.39 is 0 Å². The van der Waals surface area contributed by atoms with Crippen molar-refractivity contribution in [1.29, 1.82) is 0 Å². The molecule has 1 aromatic carbocycles. The number of nitrogens with zero attached hydrogens (tertiary/aromatic N) is 4. The minimum absolute atomic E-state index is 0.0918. The van der Waals surface area contributed by atoms with Gasteiger partial charge in [-0.3, -0.25) is 9.59 Å². The summed E-state index contributed by atoms with van der Waals surface area (Å²) in [5.74, 6) is 0.193. The molecular weight excluding hydrogens is 422 g/mol. The largest absolute Gasteiger partial charge is 0.382 e. The third kappa shape index (κ3) is 4.73. The summed E-state index contributed by atoms with van der Waals surface area (Å²) >= 11 is 0. The first-order valence-corrected chi connectivity index (χ1v) is 11.7. The fourth-order valence-corrected chi connectivity index (χ4v) is 5.10. The number of nitrogens with two attached hydrogens (primary N) is 1. The molecule has 3 rings (SSSR count). The predicted molar refractivity (Wildman–Crippen MR) is 124 cm³/mol. The number of rotatable bonds is 7. The molecule has 0 bridgehead atoms. The molecule has 160 valence electrons. The molecule has 2 aromatic heterocycles. The number of aromatic nitrogens is 4. The van der Waals surface area contributed by atoms with Crippen molar-refractivity contribution in [3.63, 3.8) is 0 Å². The van der Waals surface area contributed by atoms with Crippen LogP contribution in [-0.4, -0.2) is 48.5 Å². The van der Waals surface area contributed by atoms with Gasteiger partial charge in [-0.05, 0) is 38.3 Å². The summed E-state index contributed by atoms with van der Waals surface area (Å²) in [6, 6.07) is 5.28. The highest BCUT2D eigenvalue weighted by molar-refractivity contribution is 8.76. The van der Waals surface area contributed by atoms with E-state index in [0.29, 0.717) is 23.6 Å². The Bertz CT molecular complexity index is 1100. The van der Waals surface area contributed by atoms with Crippen molar-refractivity contribution in [3.8, 4) is 0 Å². The Morgan fingerprint density at radius 3 is 2.53 bits per heavy atom. The number of anilines is 2. The van der Waals surface area contributed by atoms with Gasteiger partial charge in [0, 0.05) is 37.3 Å². The van der Waals surface area contributed by atoms with Gasteiger partial charge < -0.3 is 25.5 Å². The number of hydrogen-bond acceptors (Lipinski definition) is 7. The zero-order chi connectivity index (χ0) is 22.1. The van der Waals surface area contributed by atoms with Crippen molar-refractivity contribution in [2.45, 2.75) is 18.6 Å². The summed E-state index contributed by atoms with van der Waals surface area (Å²) in [5, 5.41) is 5.76. The van der Waals surface area contributed by atoms with Gasteiger partial charge in [-0.1, -0.05) is 21.6 Å². The number of amides is 2. The molecule has 2 heterocycles. The quantitative estimate of drug-likeness (QED) is 0.476. The third-order valence-corrected chi connectivity index (χ3v) is 7.04. The van der Waals surface area contributed by atoms with Crippen LogP contribution in [0.15, 0.2) is 24.4 Å². The number of carbonyl (C=O) groups is 2. The van der Waals surface area contributed by atoms with Crippen LogP contribution in [0, 0.1) is 0 Å². The van der Waals surface area contributed by atoms with Gasteiger partial charge in [0.2, 0.25) is 5.82 Å². The van der Waals surface area contributed by atoms with Gasteiger partial charge in [-0.25, -0.2) is 9.97 Å². The second-order valence-corrected chi connectivity index (χ2v) is 10.5. The molecule has 11 heteroatoms. The van der Waals surface area contributed by atoms with Gasteiger partial charge in [-0.15, -0.1) is 0 Å². The molecule has 0 radical (unpaired) electrons. The van der Waals surface area contributed by atoms with Gasteiger partial charge in [0.15, 0.2) is 5.82 Å². The first-order chi connectivity index (χ1) is 14.1. The molecule has 0 saturated carbocycles. The molecule has 0 spiro atoms. The molecule has 4 N–H and O–H groups in total. The molecule has 0 atom stereocenters. The van der Waals surface area contributed by atoms with Gasteiger partial charge >= 0.3 is 0 Å². The molecule has 9 nitrogen and oxygen atoms in total. The van der Waals surface area contributed by atoms with E-state index >= 15 is 0 Å².